The number of hydrogen-bond acceptors (Lipinski definition) is 1. The maximum absolute atomic E-state index is 5.00. The van der Waals surface area contributed by atoms with Gasteiger partial charge in [0.15, 0.2) is 0 Å². The van der Waals surface area contributed by atoms with Crippen LogP contribution in [0.2, 0.25) is 0 Å². The molecule has 0 bridgehead atoms. The van der Waals surface area contributed by atoms with E-state index in [2.05, 4.69) is 6.58 Å². The minimum Gasteiger partial charge on any atom is -0.377 e. The topological polar surface area (TPSA) is 9.23 Å². The Hall–Kier alpha value is -0.300. The van der Waals surface area contributed by atoms with Gasteiger partial charge in [-0.25, -0.2) is 0 Å². The summed E-state index contributed by atoms with van der Waals surface area (Å²) in [6, 6.07) is 0. The molecule has 7 heavy (non-hydrogen) atoms. The normalized spacial score (nSPS) is 29.9. The summed E-state index contributed by atoms with van der Waals surface area (Å²) in [7, 11) is 1.73. The standard InChI is InChI=1S/C6H10O/c1-5-3-4-6(5)7-2/h6H,1,3-4H2,2H3. The lowest BCUT2D eigenvalue weighted by molar-refractivity contribution is 0.0911. The molecule has 0 N–H and O–H groups in total. The van der Waals surface area contributed by atoms with E-state index in [4.69, 9.17) is 4.74 Å². The van der Waals surface area contributed by atoms with Crippen molar-refractivity contribution < 1.29 is 4.74 Å². The van der Waals surface area contributed by atoms with Crippen molar-refractivity contribution in [3.05, 3.63) is 12.2 Å². The number of methoxy groups -OCH3 is 1. The molecule has 1 aliphatic carbocycles. The van der Waals surface area contributed by atoms with Gasteiger partial charge < -0.3 is 4.74 Å². The highest BCUT2D eigenvalue weighted by atomic mass is 16.5. The van der Waals surface area contributed by atoms with Crippen LogP contribution in [0.1, 0.15) is 12.8 Å². The van der Waals surface area contributed by atoms with Crippen LogP contribution in [-0.4, -0.2) is 13.2 Å². The van der Waals surface area contributed by atoms with Crippen molar-refractivity contribution in [1.82, 2.24) is 0 Å². The molecule has 0 amide bonds. The lowest BCUT2D eigenvalue weighted by Gasteiger charge is -2.26. The van der Waals surface area contributed by atoms with Crippen LogP contribution >= 0.6 is 0 Å². The van der Waals surface area contributed by atoms with E-state index in [1.807, 2.05) is 0 Å². The zero-order valence-electron chi connectivity index (χ0n) is 4.61. The van der Waals surface area contributed by atoms with Crippen molar-refractivity contribution in [2.24, 2.45) is 0 Å². The SMILES string of the molecule is C=C1CCC1OC. The minimum absolute atomic E-state index is 0.389. The Bertz CT molecular complexity index is 84.2. The second-order valence-electron chi connectivity index (χ2n) is 1.92. The highest BCUT2D eigenvalue weighted by molar-refractivity contribution is 5.11. The zero-order chi connectivity index (χ0) is 5.28. The van der Waals surface area contributed by atoms with Crippen molar-refractivity contribution in [2.45, 2.75) is 18.9 Å². The highest BCUT2D eigenvalue weighted by Gasteiger charge is 2.20. The number of rotatable bonds is 1. The van der Waals surface area contributed by atoms with Gasteiger partial charge in [-0.2, -0.15) is 0 Å². The number of ether oxygens (including phenoxy) is 1. The molecule has 0 heterocycles. The van der Waals surface area contributed by atoms with Gasteiger partial charge in [-0.3, -0.25) is 0 Å². The third kappa shape index (κ3) is 0.682. The molecule has 1 aliphatic rings. The molecule has 1 saturated carbocycles. The summed E-state index contributed by atoms with van der Waals surface area (Å²) >= 11 is 0. The molecule has 1 atom stereocenters. The molecular weight excluding hydrogens is 88.1 g/mol. The summed E-state index contributed by atoms with van der Waals surface area (Å²) in [6.45, 7) is 3.79. The van der Waals surface area contributed by atoms with Crippen molar-refractivity contribution in [2.75, 3.05) is 7.11 Å². The number of hydrogen-bond donors (Lipinski definition) is 0. The molecule has 1 heteroatoms. The fraction of sp³-hybridized carbons (Fsp3) is 0.667. The van der Waals surface area contributed by atoms with E-state index in [1.54, 1.807) is 7.11 Å². The Labute approximate surface area is 44.0 Å². The predicted molar refractivity (Wildman–Crippen MR) is 29.2 cm³/mol. The first-order valence-electron chi connectivity index (χ1n) is 2.55. The zero-order valence-corrected chi connectivity index (χ0v) is 4.61. The maximum Gasteiger partial charge on any atom is 0.0781 e. The van der Waals surface area contributed by atoms with E-state index in [-0.39, 0.29) is 0 Å². The van der Waals surface area contributed by atoms with Crippen molar-refractivity contribution in [3.8, 4) is 0 Å². The Morgan fingerprint density at radius 1 is 1.86 bits per heavy atom. The summed E-state index contributed by atoms with van der Waals surface area (Å²) in [5.41, 5.74) is 1.25. The van der Waals surface area contributed by atoms with E-state index in [1.165, 1.54) is 18.4 Å². The molecule has 0 aromatic rings. The Balaban J connectivity index is 2.29. The average molecular weight is 98.1 g/mol. The molecule has 0 aliphatic heterocycles. The van der Waals surface area contributed by atoms with E-state index in [0.29, 0.717) is 6.10 Å². The van der Waals surface area contributed by atoms with Crippen LogP contribution in [0.5, 0.6) is 0 Å². The molecule has 0 radical (unpaired) electrons. The predicted octanol–water partition coefficient (Wildman–Crippen LogP) is 1.35. The lowest BCUT2D eigenvalue weighted by atomic mass is 9.90. The van der Waals surface area contributed by atoms with Gasteiger partial charge in [0, 0.05) is 7.11 Å². The third-order valence-electron chi connectivity index (χ3n) is 1.47. The van der Waals surface area contributed by atoms with Crippen LogP contribution in [0, 0.1) is 0 Å². The van der Waals surface area contributed by atoms with Crippen LogP contribution < -0.4 is 0 Å². The van der Waals surface area contributed by atoms with Gasteiger partial charge in [0.1, 0.15) is 0 Å². The summed E-state index contributed by atoms with van der Waals surface area (Å²) < 4.78 is 5.00. The van der Waals surface area contributed by atoms with Crippen molar-refractivity contribution in [3.63, 3.8) is 0 Å². The molecule has 40 valence electrons. The Kier molecular flexibility index (Phi) is 1.15. The Morgan fingerprint density at radius 2 is 2.57 bits per heavy atom. The smallest absolute Gasteiger partial charge is 0.0781 e. The van der Waals surface area contributed by atoms with Gasteiger partial charge in [0.25, 0.3) is 0 Å². The monoisotopic (exact) mass is 98.1 g/mol. The molecule has 1 unspecified atom stereocenters. The van der Waals surface area contributed by atoms with Gasteiger partial charge in [0.05, 0.1) is 6.10 Å². The molecule has 0 aromatic carbocycles. The molecule has 1 nitrogen and oxygen atoms in total. The maximum atomic E-state index is 5.00. The molecule has 0 aromatic heterocycles. The van der Waals surface area contributed by atoms with Gasteiger partial charge in [0.2, 0.25) is 0 Å². The minimum atomic E-state index is 0.389. The lowest BCUT2D eigenvalue weighted by Crippen LogP contribution is -2.22. The average Bonchev–Trinajstić information content (AvgIpc) is 1.65. The first-order chi connectivity index (χ1) is 3.34. The largest absolute Gasteiger partial charge is 0.377 e. The molecule has 1 rings (SSSR count). The highest BCUT2D eigenvalue weighted by Crippen LogP contribution is 2.26. The molecule has 0 saturated heterocycles. The van der Waals surface area contributed by atoms with Gasteiger partial charge >= 0.3 is 0 Å². The summed E-state index contributed by atoms with van der Waals surface area (Å²) in [5.74, 6) is 0. The van der Waals surface area contributed by atoms with Crippen LogP contribution in [0.3, 0.4) is 0 Å². The molecule has 1 fully saturated rings. The van der Waals surface area contributed by atoms with Gasteiger partial charge in [-0.1, -0.05) is 6.58 Å². The van der Waals surface area contributed by atoms with Crippen LogP contribution in [0.15, 0.2) is 12.2 Å². The first-order valence-corrected chi connectivity index (χ1v) is 2.55. The van der Waals surface area contributed by atoms with Crippen LogP contribution in [0.4, 0.5) is 0 Å². The van der Waals surface area contributed by atoms with Gasteiger partial charge in [-0.15, -0.1) is 0 Å². The van der Waals surface area contributed by atoms with Crippen LogP contribution in [0.25, 0.3) is 0 Å². The summed E-state index contributed by atoms with van der Waals surface area (Å²) in [4.78, 5) is 0. The quantitative estimate of drug-likeness (QED) is 0.450. The van der Waals surface area contributed by atoms with Crippen molar-refractivity contribution in [1.29, 1.82) is 0 Å². The Morgan fingerprint density at radius 3 is 2.57 bits per heavy atom. The van der Waals surface area contributed by atoms with Gasteiger partial charge in [-0.05, 0) is 18.4 Å². The summed E-state index contributed by atoms with van der Waals surface area (Å²) in [6.07, 6.45) is 2.73. The molecular formula is C6H10O. The second kappa shape index (κ2) is 1.66. The van der Waals surface area contributed by atoms with E-state index in [0.717, 1.165) is 0 Å². The fourth-order valence-corrected chi connectivity index (χ4v) is 0.751. The van der Waals surface area contributed by atoms with Crippen LogP contribution in [-0.2, 0) is 4.74 Å². The summed E-state index contributed by atoms with van der Waals surface area (Å²) in [5, 5.41) is 0. The fourth-order valence-electron chi connectivity index (χ4n) is 0.751. The second-order valence-corrected chi connectivity index (χ2v) is 1.92. The van der Waals surface area contributed by atoms with E-state index >= 15 is 0 Å². The third-order valence-corrected chi connectivity index (χ3v) is 1.47. The molecule has 0 spiro atoms. The van der Waals surface area contributed by atoms with E-state index in [9.17, 15) is 0 Å². The first kappa shape index (κ1) is 4.85. The van der Waals surface area contributed by atoms with E-state index < -0.39 is 0 Å². The van der Waals surface area contributed by atoms with Crippen molar-refractivity contribution >= 4 is 0 Å².